The van der Waals surface area contributed by atoms with Gasteiger partial charge < -0.3 is 5.32 Å². The average Bonchev–Trinajstić information content (AvgIpc) is 3.83. The molecule has 1 nitrogen and oxygen atoms in total. The molecule has 0 amide bonds. The van der Waals surface area contributed by atoms with Crippen LogP contribution in [0.5, 0.6) is 0 Å². The van der Waals surface area contributed by atoms with Gasteiger partial charge in [-0.3, -0.25) is 0 Å². The van der Waals surface area contributed by atoms with Gasteiger partial charge in [-0.15, -0.1) is 0 Å². The molecule has 0 saturated heterocycles. The number of nitrogens with one attached hydrogen (secondary N) is 1. The third kappa shape index (κ3) is 9.69. The minimum absolute atomic E-state index is 0.300. The van der Waals surface area contributed by atoms with Gasteiger partial charge in [0.1, 0.15) is 0 Å². The van der Waals surface area contributed by atoms with E-state index in [2.05, 4.69) is 246 Å². The van der Waals surface area contributed by atoms with Crippen LogP contribution in [0.2, 0.25) is 0 Å². The summed E-state index contributed by atoms with van der Waals surface area (Å²) in [6.07, 6.45) is 30.4. The van der Waals surface area contributed by atoms with Crippen LogP contribution in [-0.2, 0) is 11.8 Å². The highest BCUT2D eigenvalue weighted by Crippen LogP contribution is 2.62. The Morgan fingerprint density at radius 3 is 1.83 bits per heavy atom. The second-order valence-corrected chi connectivity index (χ2v) is 18.5. The van der Waals surface area contributed by atoms with Crippen LogP contribution in [-0.4, -0.2) is 0 Å². The normalized spacial score (nSPS) is 16.5. The number of aryl methyl sites for hydroxylation is 3. The van der Waals surface area contributed by atoms with E-state index in [0.29, 0.717) is 0 Å². The Bertz CT molecular complexity index is 3150. The van der Waals surface area contributed by atoms with Gasteiger partial charge in [-0.2, -0.15) is 0 Å². The highest BCUT2D eigenvalue weighted by Gasteiger charge is 2.51. The van der Waals surface area contributed by atoms with E-state index >= 15 is 0 Å². The number of allylic oxidation sites excluding steroid dienone is 12. The quantitative estimate of drug-likeness (QED) is 0.170. The van der Waals surface area contributed by atoms with Crippen molar-refractivity contribution in [2.75, 3.05) is 0 Å². The summed E-state index contributed by atoms with van der Waals surface area (Å²) in [7, 11) is 0. The molecule has 0 saturated carbocycles. The zero-order chi connectivity index (χ0) is 47.6. The van der Waals surface area contributed by atoms with Crippen molar-refractivity contribution in [3.8, 4) is 22.3 Å². The molecule has 1 spiro atoms. The molecule has 1 aliphatic heterocycles. The van der Waals surface area contributed by atoms with Crippen LogP contribution in [0.3, 0.4) is 0 Å². The van der Waals surface area contributed by atoms with E-state index in [1.54, 1.807) is 0 Å². The lowest BCUT2D eigenvalue weighted by Gasteiger charge is -2.30. The van der Waals surface area contributed by atoms with Gasteiger partial charge in [-0.25, -0.2) is 0 Å². The first-order valence-corrected chi connectivity index (χ1v) is 24.6. The largest absolute Gasteiger partial charge is 0.368 e. The SMILES string of the molecule is C/C=C/C=C(\C=C/c1ccc2c(c1)C1(c3ccccc3-c3ccccc31)c1ccccc1-2)c1ccccc1.CC1=CC(C)=C(c2c(C)ccc3c2/C=C\N/C=C/C=C\CC3)CC1.Cc1ccccc1. The summed E-state index contributed by atoms with van der Waals surface area (Å²) in [6, 6.07) is 59.4. The van der Waals surface area contributed by atoms with E-state index < -0.39 is 0 Å². The van der Waals surface area contributed by atoms with Gasteiger partial charge in [0.25, 0.3) is 0 Å². The van der Waals surface area contributed by atoms with Gasteiger partial charge in [-0.05, 0) is 173 Å². The summed E-state index contributed by atoms with van der Waals surface area (Å²) in [5.41, 5.74) is 25.6. The van der Waals surface area contributed by atoms with Crippen molar-refractivity contribution in [1.29, 1.82) is 0 Å². The van der Waals surface area contributed by atoms with Crippen LogP contribution in [0.4, 0.5) is 0 Å². The molecule has 0 aromatic heterocycles. The van der Waals surface area contributed by atoms with Crippen molar-refractivity contribution in [1.82, 2.24) is 5.32 Å². The molecule has 0 unspecified atom stereocenters. The summed E-state index contributed by atoms with van der Waals surface area (Å²) in [6.45, 7) is 10.9. The number of hydrogen-bond donors (Lipinski definition) is 1. The van der Waals surface area contributed by atoms with Gasteiger partial charge in [0.05, 0.1) is 5.41 Å². The third-order valence-corrected chi connectivity index (χ3v) is 13.9. The summed E-state index contributed by atoms with van der Waals surface area (Å²) in [4.78, 5) is 0. The topological polar surface area (TPSA) is 12.0 Å². The van der Waals surface area contributed by atoms with E-state index in [1.165, 1.54) is 112 Å². The van der Waals surface area contributed by atoms with Crippen LogP contribution in [0.15, 0.2) is 236 Å². The second-order valence-electron chi connectivity index (χ2n) is 18.5. The van der Waals surface area contributed by atoms with Crippen molar-refractivity contribution in [2.24, 2.45) is 0 Å². The van der Waals surface area contributed by atoms with Crippen molar-refractivity contribution < 1.29 is 0 Å². The lowest BCUT2D eigenvalue weighted by atomic mass is 9.70. The molecule has 4 aliphatic rings. The fraction of sp³-hybridized carbons (Fsp3) is 0.147. The first-order valence-electron chi connectivity index (χ1n) is 24.6. The number of benzene rings is 7. The zero-order valence-electron chi connectivity index (χ0n) is 40.8. The van der Waals surface area contributed by atoms with Crippen LogP contribution in [0.25, 0.3) is 45.6 Å². The third-order valence-electron chi connectivity index (χ3n) is 13.9. The van der Waals surface area contributed by atoms with Crippen LogP contribution >= 0.6 is 0 Å². The molecule has 3 aliphatic carbocycles. The molecular weight excluding hydrogens is 831 g/mol. The fourth-order valence-corrected chi connectivity index (χ4v) is 10.7. The molecule has 69 heavy (non-hydrogen) atoms. The fourth-order valence-electron chi connectivity index (χ4n) is 10.7. The average molecular weight is 894 g/mol. The molecular formula is C68H63N. The molecule has 1 heterocycles. The Kier molecular flexibility index (Phi) is 14.4. The second kappa shape index (κ2) is 21.5. The Morgan fingerprint density at radius 1 is 0.580 bits per heavy atom. The minimum atomic E-state index is -0.300. The van der Waals surface area contributed by atoms with E-state index in [1.807, 2.05) is 30.5 Å². The maximum atomic E-state index is 3.25. The van der Waals surface area contributed by atoms with E-state index in [4.69, 9.17) is 0 Å². The monoisotopic (exact) mass is 893 g/mol. The molecule has 0 radical (unpaired) electrons. The minimum Gasteiger partial charge on any atom is -0.368 e. The molecule has 11 rings (SSSR count). The maximum absolute atomic E-state index is 3.25. The highest BCUT2D eigenvalue weighted by atomic mass is 14.8. The lowest BCUT2D eigenvalue weighted by molar-refractivity contribution is 0.793. The Balaban J connectivity index is 0.000000162. The first kappa shape index (κ1) is 46.4. The summed E-state index contributed by atoms with van der Waals surface area (Å²) in [5, 5.41) is 3.25. The Hall–Kier alpha value is -7.74. The number of hydrogen-bond acceptors (Lipinski definition) is 1. The summed E-state index contributed by atoms with van der Waals surface area (Å²) < 4.78 is 0. The van der Waals surface area contributed by atoms with E-state index in [0.717, 1.165) is 19.3 Å². The van der Waals surface area contributed by atoms with Gasteiger partial charge in [0, 0.05) is 12.4 Å². The van der Waals surface area contributed by atoms with Gasteiger partial charge in [0.15, 0.2) is 0 Å². The van der Waals surface area contributed by atoms with E-state index in [9.17, 15) is 0 Å². The first-order chi connectivity index (χ1) is 33.9. The molecule has 1 N–H and O–H groups in total. The van der Waals surface area contributed by atoms with Crippen LogP contribution in [0.1, 0.15) is 101 Å². The summed E-state index contributed by atoms with van der Waals surface area (Å²) >= 11 is 0. The lowest BCUT2D eigenvalue weighted by Crippen LogP contribution is -2.25. The van der Waals surface area contributed by atoms with Crippen LogP contribution < -0.4 is 5.32 Å². The molecule has 0 atom stereocenters. The molecule has 340 valence electrons. The van der Waals surface area contributed by atoms with Crippen molar-refractivity contribution in [3.05, 3.63) is 297 Å². The molecule has 0 fully saturated rings. The zero-order valence-corrected chi connectivity index (χ0v) is 40.8. The standard InChI is InChI=1S/C38H28.C23H27N.C7H8/c1-2-3-13-29(28-14-5-4-6-15-28)24-22-27-23-25-33-32-18-9-12-21-36(32)38(37(33)26-27)34-19-10-7-16-30(34)31-17-8-11-20-35(31)38;1-17-9-12-21(19(3)16-17)23-18(2)10-11-20-8-6-4-5-7-14-24-15-13-22(20)23;1-7-5-3-2-4-6-7/h2-26H,1H3;4-5,7,10-11,13-16,24H,6,8-9,12H2,1-3H3;2-6H,1H3/b3-2+,24-22-,29-13+;5-4-,14-7+,15-13-;. The smallest absolute Gasteiger partial charge is 0.0725 e. The van der Waals surface area contributed by atoms with Gasteiger partial charge in [0.2, 0.25) is 0 Å². The molecule has 1 heteroatoms. The predicted octanol–water partition coefficient (Wildman–Crippen LogP) is 17.8. The van der Waals surface area contributed by atoms with Crippen LogP contribution in [0, 0.1) is 13.8 Å². The number of fused-ring (bicyclic) bond motifs is 11. The Morgan fingerprint density at radius 2 is 1.20 bits per heavy atom. The van der Waals surface area contributed by atoms with Gasteiger partial charge in [-0.1, -0.05) is 217 Å². The molecule has 0 bridgehead atoms. The van der Waals surface area contributed by atoms with Crippen molar-refractivity contribution in [3.63, 3.8) is 0 Å². The maximum Gasteiger partial charge on any atom is 0.0725 e. The Labute approximate surface area is 411 Å². The molecule has 7 aromatic rings. The van der Waals surface area contributed by atoms with Gasteiger partial charge >= 0.3 is 0 Å². The van der Waals surface area contributed by atoms with Crippen molar-refractivity contribution in [2.45, 2.75) is 65.7 Å². The van der Waals surface area contributed by atoms with Crippen molar-refractivity contribution >= 4 is 23.3 Å². The predicted molar refractivity (Wildman–Crippen MR) is 298 cm³/mol. The van der Waals surface area contributed by atoms with E-state index in [-0.39, 0.29) is 5.41 Å². The summed E-state index contributed by atoms with van der Waals surface area (Å²) in [5.74, 6) is 0. The number of rotatable bonds is 5. The highest BCUT2D eigenvalue weighted by molar-refractivity contribution is 5.95. The molecule has 7 aromatic carbocycles.